The molecule has 2 saturated heterocycles. The van der Waals surface area contributed by atoms with Crippen LogP contribution in [0, 0.1) is 0 Å². The Balaban J connectivity index is 1.90. The summed E-state index contributed by atoms with van der Waals surface area (Å²) in [4.78, 5) is 66.5. The minimum absolute atomic E-state index is 0.0192. The summed E-state index contributed by atoms with van der Waals surface area (Å²) in [6, 6.07) is 0. The Morgan fingerprint density at radius 1 is 0.328 bits per heavy atom. The molecule has 2 aliphatic heterocycles. The summed E-state index contributed by atoms with van der Waals surface area (Å²) in [5.74, 6) is -2.95. The fraction of sp³-hybridized carbons (Fsp3) is 0.935. The number of aliphatic hydroxyl groups is 9. The van der Waals surface area contributed by atoms with Crippen LogP contribution in [0.5, 0.6) is 0 Å². The smallest absolute Gasteiger partial charge is 0.463 e. The Labute approximate surface area is 718 Å². The Bertz CT molecular complexity index is 2520. The van der Waals surface area contributed by atoms with Gasteiger partial charge < -0.3 is 88.7 Å². The molecule has 119 heavy (non-hydrogen) atoms. The van der Waals surface area contributed by atoms with Gasteiger partial charge in [0.05, 0.1) is 13.2 Å². The van der Waals surface area contributed by atoms with Gasteiger partial charge in [0.1, 0.15) is 92.6 Å². The highest BCUT2D eigenvalue weighted by Gasteiger charge is 2.60. The molecule has 0 spiro atoms. The predicted molar refractivity (Wildman–Crippen MR) is 463 cm³/mol. The number of phosphoric acid groups is 1. The van der Waals surface area contributed by atoms with E-state index >= 15 is 0 Å². The lowest BCUT2D eigenvalue weighted by molar-refractivity contribution is -0.360. The van der Waals surface area contributed by atoms with E-state index in [0.717, 1.165) is 141 Å². The first kappa shape index (κ1) is 110. The molecular weight excluding hydrogens is 1550 g/mol. The molecule has 0 aromatic heterocycles. The Hall–Kier alpha value is -2.79. The van der Waals surface area contributed by atoms with Gasteiger partial charge in [0.15, 0.2) is 24.8 Å². The maximum atomic E-state index is 14.9. The molecule has 18 unspecified atom stereocenters. The molecule has 25 nitrogen and oxygen atoms in total. The van der Waals surface area contributed by atoms with Crippen molar-refractivity contribution in [3.63, 3.8) is 0 Å². The highest BCUT2D eigenvalue weighted by molar-refractivity contribution is 7.47. The van der Waals surface area contributed by atoms with E-state index in [1.54, 1.807) is 0 Å². The Morgan fingerprint density at radius 3 is 1.01 bits per heavy atom. The van der Waals surface area contributed by atoms with Gasteiger partial charge in [0.2, 0.25) is 0 Å². The lowest BCUT2D eigenvalue weighted by atomic mass is 9.84. The van der Waals surface area contributed by atoms with Crippen molar-refractivity contribution < 1.29 is 122 Å². The molecule has 18 atom stereocenters. The Kier molecular flexibility index (Phi) is 67.0. The zero-order valence-corrected chi connectivity index (χ0v) is 75.6. The van der Waals surface area contributed by atoms with Crippen LogP contribution in [-0.2, 0) is 70.7 Å². The molecule has 700 valence electrons. The molecule has 1 saturated carbocycles. The van der Waals surface area contributed by atoms with E-state index in [9.17, 15) is 74.6 Å². The zero-order valence-electron chi connectivity index (χ0n) is 74.7. The number of aliphatic hydroxyl groups excluding tert-OH is 9. The first-order valence-electron chi connectivity index (χ1n) is 48.4. The summed E-state index contributed by atoms with van der Waals surface area (Å²) < 4.78 is 73.5. The molecule has 0 radical (unpaired) electrons. The lowest BCUT2D eigenvalue weighted by Gasteiger charge is -2.50. The van der Waals surface area contributed by atoms with Gasteiger partial charge in [-0.15, -0.1) is 0 Å². The number of rotatable bonds is 79. The maximum Gasteiger partial charge on any atom is 0.472 e. The number of carbonyl (C=O) groups excluding carboxylic acids is 4. The number of ether oxygens (including phenoxy) is 8. The molecule has 0 aromatic carbocycles. The Morgan fingerprint density at radius 2 is 0.630 bits per heavy atom. The molecule has 3 rings (SSSR count). The summed E-state index contributed by atoms with van der Waals surface area (Å²) in [6.45, 7) is 5.62. The lowest BCUT2D eigenvalue weighted by Crippen LogP contribution is -2.70. The van der Waals surface area contributed by atoms with Gasteiger partial charge in [-0.05, 0) is 51.4 Å². The van der Waals surface area contributed by atoms with Gasteiger partial charge in [-0.2, -0.15) is 0 Å². The van der Waals surface area contributed by atoms with Crippen LogP contribution in [0.4, 0.5) is 0 Å². The van der Waals surface area contributed by atoms with Crippen LogP contribution in [0.2, 0.25) is 0 Å². The van der Waals surface area contributed by atoms with Crippen LogP contribution < -0.4 is 0 Å². The minimum atomic E-state index is -5.81. The summed E-state index contributed by atoms with van der Waals surface area (Å²) in [7, 11) is -5.81. The molecule has 1 aliphatic carbocycles. The second-order valence-corrected chi connectivity index (χ2v) is 36.0. The van der Waals surface area contributed by atoms with Gasteiger partial charge in [-0.3, -0.25) is 28.2 Å². The van der Waals surface area contributed by atoms with Crippen LogP contribution in [0.3, 0.4) is 0 Å². The fourth-order valence-electron chi connectivity index (χ4n) is 16.1. The number of hydrogen-bond acceptors (Lipinski definition) is 24. The van der Waals surface area contributed by atoms with Gasteiger partial charge in [-0.25, -0.2) is 4.57 Å². The highest BCUT2D eigenvalue weighted by atomic mass is 31.2. The second kappa shape index (κ2) is 72.3. The molecule has 3 fully saturated rings. The molecule has 0 bridgehead atoms. The summed E-state index contributed by atoms with van der Waals surface area (Å²) >= 11 is 0. The third-order valence-electron chi connectivity index (χ3n) is 23.8. The van der Waals surface area contributed by atoms with Gasteiger partial charge in [0, 0.05) is 25.7 Å². The standard InChI is InChI=1S/C93H173O25P/c1-5-9-13-17-21-25-29-33-36-39-42-46-50-54-58-62-66-77(96)110-72-75-81(100)83(102)87(106)93(114-75)117-90-88(115-79(98)68-64-60-56-52-48-44-40-37-34-30-26-22-18-14-10-6-2)84(103)85(104)89(116-92-86(105)82(101)80(99)74(69-94)113-92)91(90)118-119(107,108)111-71-73(70-109-76(95)65-61-57-53-49-45-41-32-28-24-20-16-12-8-4)112-78(97)67-63-59-55-51-47-43-38-35-31-27-23-19-15-11-7-3/h27,31,73-75,80-94,99-106H,5-26,28-30,32-72H2,1-4H3,(H,107,108)/b31-27-. The van der Waals surface area contributed by atoms with Gasteiger partial charge >= 0.3 is 31.7 Å². The van der Waals surface area contributed by atoms with Crippen molar-refractivity contribution in [2.75, 3.05) is 26.4 Å². The molecule has 2 heterocycles. The first-order chi connectivity index (χ1) is 57.7. The number of phosphoric ester groups is 1. The predicted octanol–water partition coefficient (Wildman–Crippen LogP) is 18.3. The summed E-state index contributed by atoms with van der Waals surface area (Å²) in [5.41, 5.74) is 0. The van der Waals surface area contributed by atoms with Crippen LogP contribution >= 0.6 is 7.82 Å². The number of unbranched alkanes of at least 4 members (excludes halogenated alkanes) is 53. The van der Waals surface area contributed by atoms with Crippen LogP contribution in [0.15, 0.2) is 12.2 Å². The molecule has 0 aromatic rings. The average molecular weight is 1720 g/mol. The molecule has 10 N–H and O–H groups in total. The topological polar surface area (TPSA) is 380 Å². The van der Waals surface area contributed by atoms with Gasteiger partial charge in [0.25, 0.3) is 0 Å². The number of esters is 4. The highest BCUT2D eigenvalue weighted by Crippen LogP contribution is 2.49. The molecule has 3 aliphatic rings. The average Bonchev–Trinajstić information content (AvgIpc) is 0.754. The SMILES string of the molecule is CCCCCC/C=C\CCCCCCCCCC(=O)OC(COC(=O)CCCCCCCCCCCCCCC)COP(=O)(O)OC1C(OC2OC(CO)C(O)C(O)C2O)C(O)C(O)C(OC(=O)CCCCCCCCCCCCCCCCCC)C1OC1OC(COC(=O)CCCCCCCCCCCCCCCCCC)C(O)C(O)C1O. The van der Waals surface area contributed by atoms with E-state index in [4.69, 9.17) is 46.9 Å². The third-order valence-corrected chi connectivity index (χ3v) is 24.8. The van der Waals surface area contributed by atoms with Crippen molar-refractivity contribution in [2.45, 2.75) is 530 Å². The van der Waals surface area contributed by atoms with Crippen molar-refractivity contribution in [1.82, 2.24) is 0 Å². The molecular formula is C93H173O25P. The van der Waals surface area contributed by atoms with E-state index in [2.05, 4.69) is 39.8 Å². The number of carbonyl (C=O) groups is 4. The van der Waals surface area contributed by atoms with Crippen molar-refractivity contribution >= 4 is 31.7 Å². The van der Waals surface area contributed by atoms with E-state index in [0.29, 0.717) is 38.5 Å². The van der Waals surface area contributed by atoms with Gasteiger partial charge in [-0.1, -0.05) is 361 Å². The third kappa shape index (κ3) is 52.2. The van der Waals surface area contributed by atoms with E-state index in [1.807, 2.05) is 0 Å². The second-order valence-electron chi connectivity index (χ2n) is 34.6. The van der Waals surface area contributed by atoms with Crippen molar-refractivity contribution in [3.05, 3.63) is 12.2 Å². The minimum Gasteiger partial charge on any atom is -0.463 e. The van der Waals surface area contributed by atoms with E-state index in [-0.39, 0.29) is 25.7 Å². The fourth-order valence-corrected chi connectivity index (χ4v) is 17.0. The quantitative estimate of drug-likeness (QED) is 0.00889. The maximum absolute atomic E-state index is 14.9. The number of allylic oxidation sites excluding steroid dienone is 2. The summed E-state index contributed by atoms with van der Waals surface area (Å²) in [5, 5.41) is 102. The van der Waals surface area contributed by atoms with E-state index in [1.165, 1.54) is 193 Å². The van der Waals surface area contributed by atoms with Crippen LogP contribution in [-0.4, -0.2) is 205 Å². The van der Waals surface area contributed by atoms with Crippen molar-refractivity contribution in [3.8, 4) is 0 Å². The van der Waals surface area contributed by atoms with Crippen LogP contribution in [0.25, 0.3) is 0 Å². The monoisotopic (exact) mass is 1720 g/mol. The van der Waals surface area contributed by atoms with Crippen molar-refractivity contribution in [2.24, 2.45) is 0 Å². The van der Waals surface area contributed by atoms with E-state index < -0.39 is 162 Å². The first-order valence-corrected chi connectivity index (χ1v) is 49.9. The van der Waals surface area contributed by atoms with Crippen molar-refractivity contribution in [1.29, 1.82) is 0 Å². The van der Waals surface area contributed by atoms with Crippen LogP contribution in [0.1, 0.15) is 426 Å². The molecule has 0 amide bonds. The normalized spacial score (nSPS) is 24.8. The zero-order chi connectivity index (χ0) is 86.8. The molecule has 26 heteroatoms. The number of hydrogen-bond donors (Lipinski definition) is 10. The summed E-state index contributed by atoms with van der Waals surface area (Å²) in [6.07, 6.45) is 31.8. The largest absolute Gasteiger partial charge is 0.472 e.